The van der Waals surface area contributed by atoms with Gasteiger partial charge >= 0.3 is 6.18 Å². The summed E-state index contributed by atoms with van der Waals surface area (Å²) >= 11 is 1.43. The summed E-state index contributed by atoms with van der Waals surface area (Å²) in [6.07, 6.45) is -3.34. The lowest BCUT2D eigenvalue weighted by molar-refractivity contribution is -0.140. The number of sulfonamides is 1. The predicted molar refractivity (Wildman–Crippen MR) is 114 cm³/mol. The molecule has 3 aromatic heterocycles. The second-order valence-corrected chi connectivity index (χ2v) is 9.01. The fourth-order valence-corrected chi connectivity index (χ4v) is 4.34. The van der Waals surface area contributed by atoms with Crippen LogP contribution in [0, 0.1) is 0 Å². The zero-order valence-electron chi connectivity index (χ0n) is 16.5. The molecule has 0 spiro atoms. The third kappa shape index (κ3) is 4.16. The van der Waals surface area contributed by atoms with Crippen LogP contribution in [-0.4, -0.2) is 28.2 Å². The summed E-state index contributed by atoms with van der Waals surface area (Å²) in [5.41, 5.74) is 2.98. The number of nitrogens with two attached hydrogens (primary N) is 1. The molecule has 7 nitrogen and oxygen atoms in total. The number of pyridine rings is 1. The van der Waals surface area contributed by atoms with Crippen LogP contribution in [0.2, 0.25) is 0 Å². The summed E-state index contributed by atoms with van der Waals surface area (Å²) in [7, 11) is -4.03. The fraction of sp³-hybridized carbons (Fsp3) is 0.150. The molecular weight excluding hydrogens is 463 g/mol. The van der Waals surface area contributed by atoms with Crippen LogP contribution in [0.1, 0.15) is 18.3 Å². The van der Waals surface area contributed by atoms with Crippen LogP contribution in [0.5, 0.6) is 0 Å². The van der Waals surface area contributed by atoms with Gasteiger partial charge in [-0.3, -0.25) is 0 Å². The Morgan fingerprint density at radius 1 is 1.06 bits per heavy atom. The summed E-state index contributed by atoms with van der Waals surface area (Å²) in [4.78, 5) is 7.97. The van der Waals surface area contributed by atoms with Gasteiger partial charge in [0.15, 0.2) is 10.7 Å². The number of thiazole rings is 1. The highest BCUT2D eigenvalue weighted by molar-refractivity contribution is 7.89. The summed E-state index contributed by atoms with van der Waals surface area (Å²) in [6.45, 7) is 1.72. The van der Waals surface area contributed by atoms with E-state index in [1.807, 2.05) is 5.38 Å². The van der Waals surface area contributed by atoms with Crippen LogP contribution >= 0.6 is 11.3 Å². The van der Waals surface area contributed by atoms with E-state index in [-0.39, 0.29) is 22.7 Å². The Morgan fingerprint density at radius 3 is 2.25 bits per heavy atom. The van der Waals surface area contributed by atoms with Crippen LogP contribution in [0.3, 0.4) is 0 Å². The molecule has 0 aliphatic heterocycles. The summed E-state index contributed by atoms with van der Waals surface area (Å²) in [6, 6.07) is 9.07. The van der Waals surface area contributed by atoms with Crippen molar-refractivity contribution >= 4 is 21.4 Å². The maximum atomic E-state index is 13.9. The first-order valence-electron chi connectivity index (χ1n) is 9.27. The smallest absolute Gasteiger partial charge is 0.245 e. The third-order valence-electron chi connectivity index (χ3n) is 4.74. The van der Waals surface area contributed by atoms with Crippen molar-refractivity contribution in [1.82, 2.24) is 19.7 Å². The minimum atomic E-state index is -4.70. The average molecular weight is 480 g/mol. The topological polar surface area (TPSA) is 104 Å². The molecule has 166 valence electrons. The van der Waals surface area contributed by atoms with Crippen LogP contribution in [0.15, 0.2) is 58.5 Å². The predicted octanol–water partition coefficient (Wildman–Crippen LogP) is 4.29. The number of rotatable bonds is 5. The van der Waals surface area contributed by atoms with E-state index in [1.54, 1.807) is 36.7 Å². The van der Waals surface area contributed by atoms with Crippen molar-refractivity contribution in [2.45, 2.75) is 24.5 Å². The van der Waals surface area contributed by atoms with Crippen molar-refractivity contribution in [3.8, 4) is 28.1 Å². The van der Waals surface area contributed by atoms with Crippen molar-refractivity contribution in [3.63, 3.8) is 0 Å². The van der Waals surface area contributed by atoms with Crippen molar-refractivity contribution in [1.29, 1.82) is 0 Å². The van der Waals surface area contributed by atoms with E-state index in [9.17, 15) is 21.6 Å². The van der Waals surface area contributed by atoms with E-state index in [0.29, 0.717) is 11.3 Å². The quantitative estimate of drug-likeness (QED) is 0.460. The number of benzene rings is 1. The minimum Gasteiger partial charge on any atom is -0.245 e. The Kier molecular flexibility index (Phi) is 5.61. The molecule has 0 bridgehead atoms. The lowest BCUT2D eigenvalue weighted by atomic mass is 9.99. The van der Waals surface area contributed by atoms with E-state index < -0.39 is 21.9 Å². The maximum absolute atomic E-state index is 13.9. The van der Waals surface area contributed by atoms with Gasteiger partial charge in [0.05, 0.1) is 28.8 Å². The largest absolute Gasteiger partial charge is 0.435 e. The molecule has 0 saturated carbocycles. The van der Waals surface area contributed by atoms with E-state index in [1.165, 1.54) is 17.4 Å². The normalized spacial score (nSPS) is 12.3. The number of primary sulfonamides is 1. The molecule has 1 aromatic carbocycles. The number of aromatic nitrogens is 4. The average Bonchev–Trinajstić information content (AvgIpc) is 3.41. The van der Waals surface area contributed by atoms with Gasteiger partial charge in [-0.25, -0.2) is 28.2 Å². The molecule has 0 aliphatic rings. The maximum Gasteiger partial charge on any atom is 0.435 e. The molecule has 4 rings (SSSR count). The summed E-state index contributed by atoms with van der Waals surface area (Å²) in [5.74, 6) is 0. The number of alkyl halides is 3. The first kappa shape index (κ1) is 22.1. The van der Waals surface area contributed by atoms with E-state index >= 15 is 0 Å². The SMILES string of the molecule is CCc1c(-c2ccc(-c3cscn3)cc2)c(C(F)(F)F)nn1-c1ccc(S(N)(=O)=O)nc1. The number of halogens is 3. The lowest BCUT2D eigenvalue weighted by Crippen LogP contribution is -2.14. The highest BCUT2D eigenvalue weighted by atomic mass is 32.2. The van der Waals surface area contributed by atoms with E-state index in [2.05, 4.69) is 15.1 Å². The number of nitrogens with zero attached hydrogens (tertiary/aromatic N) is 4. The highest BCUT2D eigenvalue weighted by Gasteiger charge is 2.39. The Bertz CT molecular complexity index is 1350. The standard InChI is InChI=1S/C20H16F3N5O2S2/c1-2-16-18(13-5-3-12(4-6-13)15-10-31-11-26-15)19(20(21,22)23)27-28(16)14-7-8-17(25-9-14)32(24,29)30/h3-11H,2H2,1H3,(H2,24,29,30). The summed E-state index contributed by atoms with van der Waals surface area (Å²) < 4.78 is 65.7. The molecule has 0 fully saturated rings. The minimum absolute atomic E-state index is 0.0413. The van der Waals surface area contributed by atoms with Gasteiger partial charge in [-0.05, 0) is 24.1 Å². The fourth-order valence-electron chi connectivity index (χ4n) is 3.32. The second kappa shape index (κ2) is 8.11. The van der Waals surface area contributed by atoms with Gasteiger partial charge in [0.1, 0.15) is 0 Å². The molecule has 0 atom stereocenters. The molecule has 32 heavy (non-hydrogen) atoms. The van der Waals surface area contributed by atoms with Crippen LogP contribution in [0.25, 0.3) is 28.1 Å². The monoisotopic (exact) mass is 479 g/mol. The van der Waals surface area contributed by atoms with Crippen molar-refractivity contribution in [2.75, 3.05) is 0 Å². The van der Waals surface area contributed by atoms with Crippen molar-refractivity contribution < 1.29 is 21.6 Å². The van der Waals surface area contributed by atoms with E-state index in [0.717, 1.165) is 28.2 Å². The Balaban J connectivity index is 1.86. The Hall–Kier alpha value is -3.09. The molecule has 0 unspecified atom stereocenters. The zero-order chi connectivity index (χ0) is 23.1. The summed E-state index contributed by atoms with van der Waals surface area (Å²) in [5, 5.41) is 10.3. The van der Waals surface area contributed by atoms with Gasteiger partial charge in [0.2, 0.25) is 0 Å². The van der Waals surface area contributed by atoms with Crippen LogP contribution < -0.4 is 5.14 Å². The Labute approximate surface area is 185 Å². The molecule has 0 radical (unpaired) electrons. The van der Waals surface area contributed by atoms with Crippen molar-refractivity contribution in [2.24, 2.45) is 5.14 Å². The highest BCUT2D eigenvalue weighted by Crippen LogP contribution is 2.40. The number of hydrogen-bond donors (Lipinski definition) is 1. The van der Waals surface area contributed by atoms with Crippen LogP contribution in [-0.2, 0) is 22.6 Å². The van der Waals surface area contributed by atoms with Gasteiger partial charge in [-0.1, -0.05) is 31.2 Å². The van der Waals surface area contributed by atoms with Gasteiger partial charge in [-0.2, -0.15) is 18.3 Å². The Morgan fingerprint density at radius 2 is 1.75 bits per heavy atom. The molecule has 2 N–H and O–H groups in total. The van der Waals surface area contributed by atoms with Crippen molar-refractivity contribution in [3.05, 3.63) is 64.9 Å². The molecule has 3 heterocycles. The lowest BCUT2D eigenvalue weighted by Gasteiger charge is -2.10. The van der Waals surface area contributed by atoms with Gasteiger partial charge in [0, 0.05) is 16.5 Å². The third-order valence-corrected chi connectivity index (χ3v) is 6.15. The molecule has 0 amide bonds. The first-order valence-corrected chi connectivity index (χ1v) is 11.8. The van der Waals surface area contributed by atoms with Gasteiger partial charge in [-0.15, -0.1) is 11.3 Å². The first-order chi connectivity index (χ1) is 15.1. The molecule has 4 aromatic rings. The molecule has 12 heteroatoms. The number of hydrogen-bond acceptors (Lipinski definition) is 6. The van der Waals surface area contributed by atoms with Gasteiger partial charge < -0.3 is 0 Å². The zero-order valence-corrected chi connectivity index (χ0v) is 18.2. The van der Waals surface area contributed by atoms with E-state index in [4.69, 9.17) is 5.14 Å². The molecule has 0 saturated heterocycles. The molecular formula is C20H16F3N5O2S2. The second-order valence-electron chi connectivity index (χ2n) is 6.78. The van der Waals surface area contributed by atoms with Gasteiger partial charge in [0.25, 0.3) is 10.0 Å². The molecule has 0 aliphatic carbocycles. The van der Waals surface area contributed by atoms with Crippen LogP contribution in [0.4, 0.5) is 13.2 Å².